The van der Waals surface area contributed by atoms with Gasteiger partial charge >= 0.3 is 0 Å². The minimum absolute atomic E-state index is 0.0252. The van der Waals surface area contributed by atoms with E-state index in [1.54, 1.807) is 16.9 Å². The van der Waals surface area contributed by atoms with E-state index in [0.29, 0.717) is 31.7 Å². The van der Waals surface area contributed by atoms with Crippen LogP contribution in [0, 0.1) is 13.8 Å². The van der Waals surface area contributed by atoms with Crippen LogP contribution in [0.2, 0.25) is 0 Å². The first-order valence-corrected chi connectivity index (χ1v) is 10.2. The number of nitrogens with zero attached hydrogens (tertiary/aromatic N) is 6. The predicted molar refractivity (Wildman–Crippen MR) is 110 cm³/mol. The molecule has 1 atom stereocenters. The minimum atomic E-state index is -0.128. The summed E-state index contributed by atoms with van der Waals surface area (Å²) < 4.78 is 1.78. The van der Waals surface area contributed by atoms with Gasteiger partial charge in [-0.3, -0.25) is 29.1 Å². The summed E-state index contributed by atoms with van der Waals surface area (Å²) in [6, 6.07) is 5.46. The number of pyridine rings is 1. The molecule has 2 fully saturated rings. The van der Waals surface area contributed by atoms with E-state index in [0.717, 1.165) is 36.6 Å². The Hall–Kier alpha value is -2.74. The third kappa shape index (κ3) is 3.76. The molecule has 2 aromatic rings. The van der Waals surface area contributed by atoms with Crippen LogP contribution in [0.5, 0.6) is 0 Å². The lowest BCUT2D eigenvalue weighted by molar-refractivity contribution is -0.126. The molecule has 154 valence electrons. The molecule has 2 aliphatic rings. The summed E-state index contributed by atoms with van der Waals surface area (Å²) in [4.78, 5) is 36.2. The van der Waals surface area contributed by atoms with Crippen LogP contribution in [-0.2, 0) is 11.8 Å². The summed E-state index contributed by atoms with van der Waals surface area (Å²) in [7, 11) is 1.88. The average molecular weight is 396 g/mol. The SMILES string of the molecule is Cc1cc(N2CCCC(N3CCN(C(=O)c4cccnc4C)CC3)C2=O)n(C)n1. The van der Waals surface area contributed by atoms with Crippen molar-refractivity contribution in [1.29, 1.82) is 0 Å². The Kier molecular flexibility index (Phi) is 5.36. The maximum absolute atomic E-state index is 13.2. The van der Waals surface area contributed by atoms with E-state index >= 15 is 0 Å². The highest BCUT2D eigenvalue weighted by Gasteiger charge is 2.37. The maximum Gasteiger partial charge on any atom is 0.255 e. The van der Waals surface area contributed by atoms with Crippen molar-refractivity contribution in [2.45, 2.75) is 32.7 Å². The summed E-state index contributed by atoms with van der Waals surface area (Å²) in [6.45, 7) is 7.20. The molecule has 4 rings (SSSR count). The first kappa shape index (κ1) is 19.6. The molecule has 8 heteroatoms. The van der Waals surface area contributed by atoms with Gasteiger partial charge in [0.2, 0.25) is 5.91 Å². The molecule has 2 saturated heterocycles. The summed E-state index contributed by atoms with van der Waals surface area (Å²) in [5.41, 5.74) is 2.33. The lowest BCUT2D eigenvalue weighted by Crippen LogP contribution is -2.58. The van der Waals surface area contributed by atoms with Gasteiger partial charge in [0.25, 0.3) is 5.91 Å². The third-order valence-corrected chi connectivity index (χ3v) is 5.94. The van der Waals surface area contributed by atoms with Crippen LogP contribution in [-0.4, -0.2) is 75.1 Å². The van der Waals surface area contributed by atoms with Gasteiger partial charge < -0.3 is 4.90 Å². The molecule has 2 aromatic heterocycles. The number of hydrogen-bond acceptors (Lipinski definition) is 5. The van der Waals surface area contributed by atoms with E-state index in [2.05, 4.69) is 15.0 Å². The van der Waals surface area contributed by atoms with E-state index in [1.165, 1.54) is 0 Å². The van der Waals surface area contributed by atoms with E-state index < -0.39 is 0 Å². The van der Waals surface area contributed by atoms with E-state index in [1.807, 2.05) is 42.8 Å². The fourth-order valence-corrected chi connectivity index (χ4v) is 4.39. The summed E-state index contributed by atoms with van der Waals surface area (Å²) >= 11 is 0. The number of carbonyl (C=O) groups is 2. The Bertz CT molecular complexity index is 916. The molecule has 0 aliphatic carbocycles. The molecular formula is C21H28N6O2. The molecule has 8 nitrogen and oxygen atoms in total. The number of amides is 2. The zero-order valence-electron chi connectivity index (χ0n) is 17.3. The summed E-state index contributed by atoms with van der Waals surface area (Å²) in [5.74, 6) is 1.03. The molecule has 0 saturated carbocycles. The number of rotatable bonds is 3. The molecule has 4 heterocycles. The minimum Gasteiger partial charge on any atom is -0.336 e. The number of piperidine rings is 1. The second kappa shape index (κ2) is 7.94. The van der Waals surface area contributed by atoms with Gasteiger partial charge in [0.05, 0.1) is 17.3 Å². The van der Waals surface area contributed by atoms with Crippen molar-refractivity contribution in [3.63, 3.8) is 0 Å². The number of aryl methyl sites for hydroxylation is 3. The topological polar surface area (TPSA) is 74.6 Å². The van der Waals surface area contributed by atoms with Gasteiger partial charge in [0.15, 0.2) is 0 Å². The molecule has 0 radical (unpaired) electrons. The Morgan fingerprint density at radius 2 is 1.90 bits per heavy atom. The third-order valence-electron chi connectivity index (χ3n) is 5.94. The van der Waals surface area contributed by atoms with Gasteiger partial charge in [-0.1, -0.05) is 0 Å². The molecule has 2 aliphatic heterocycles. The monoisotopic (exact) mass is 396 g/mol. The van der Waals surface area contributed by atoms with E-state index in [4.69, 9.17) is 0 Å². The molecule has 0 N–H and O–H groups in total. The van der Waals surface area contributed by atoms with Crippen LogP contribution in [0.1, 0.15) is 34.6 Å². The molecule has 0 bridgehead atoms. The smallest absolute Gasteiger partial charge is 0.255 e. The van der Waals surface area contributed by atoms with Crippen LogP contribution in [0.25, 0.3) is 0 Å². The fourth-order valence-electron chi connectivity index (χ4n) is 4.39. The number of carbonyl (C=O) groups excluding carboxylic acids is 2. The first-order valence-electron chi connectivity index (χ1n) is 10.2. The lowest BCUT2D eigenvalue weighted by Gasteiger charge is -2.42. The Morgan fingerprint density at radius 1 is 1.14 bits per heavy atom. The predicted octanol–water partition coefficient (Wildman–Crippen LogP) is 1.39. The molecule has 0 spiro atoms. The zero-order chi connectivity index (χ0) is 20.5. The Labute approximate surface area is 171 Å². The van der Waals surface area contributed by atoms with Crippen LogP contribution < -0.4 is 4.90 Å². The highest BCUT2D eigenvalue weighted by atomic mass is 16.2. The Balaban J connectivity index is 1.42. The van der Waals surface area contributed by atoms with Gasteiger partial charge in [-0.25, -0.2) is 0 Å². The molecule has 0 aromatic carbocycles. The molecule has 29 heavy (non-hydrogen) atoms. The van der Waals surface area contributed by atoms with Crippen LogP contribution in [0.3, 0.4) is 0 Å². The molecule has 2 amide bonds. The Morgan fingerprint density at radius 3 is 2.55 bits per heavy atom. The standard InChI is InChI=1S/C21H28N6O2/c1-15-14-19(24(3)23-15)27-9-5-7-18(21(27)29)25-10-12-26(13-11-25)20(28)17-6-4-8-22-16(17)2/h4,6,8,14,18H,5,7,9-13H2,1-3H3. The molecular weight excluding hydrogens is 368 g/mol. The van der Waals surface area contributed by atoms with E-state index in [9.17, 15) is 9.59 Å². The van der Waals surface area contributed by atoms with Gasteiger partial charge in [-0.2, -0.15) is 5.10 Å². The molecule has 1 unspecified atom stereocenters. The van der Waals surface area contributed by atoms with Gasteiger partial charge in [-0.15, -0.1) is 0 Å². The zero-order valence-corrected chi connectivity index (χ0v) is 17.3. The highest BCUT2D eigenvalue weighted by molar-refractivity contribution is 5.97. The summed E-state index contributed by atoms with van der Waals surface area (Å²) in [5, 5.41) is 4.38. The number of anilines is 1. The van der Waals surface area contributed by atoms with Crippen LogP contribution in [0.4, 0.5) is 5.82 Å². The van der Waals surface area contributed by atoms with Gasteiger partial charge in [-0.05, 0) is 38.8 Å². The van der Waals surface area contributed by atoms with E-state index in [-0.39, 0.29) is 17.9 Å². The summed E-state index contributed by atoms with van der Waals surface area (Å²) in [6.07, 6.45) is 3.53. The number of hydrogen-bond donors (Lipinski definition) is 0. The lowest BCUT2D eigenvalue weighted by atomic mass is 10.0. The van der Waals surface area contributed by atoms with Gasteiger partial charge in [0, 0.05) is 57.7 Å². The number of aromatic nitrogens is 3. The largest absolute Gasteiger partial charge is 0.336 e. The quantitative estimate of drug-likeness (QED) is 0.784. The van der Waals surface area contributed by atoms with Crippen molar-refractivity contribution in [1.82, 2.24) is 24.6 Å². The van der Waals surface area contributed by atoms with Crippen molar-refractivity contribution in [2.75, 3.05) is 37.6 Å². The van der Waals surface area contributed by atoms with Crippen molar-refractivity contribution >= 4 is 17.6 Å². The van der Waals surface area contributed by atoms with Crippen molar-refractivity contribution in [3.8, 4) is 0 Å². The normalized spacial score (nSPS) is 20.9. The average Bonchev–Trinajstić information content (AvgIpc) is 3.06. The van der Waals surface area contributed by atoms with Crippen LogP contribution >= 0.6 is 0 Å². The van der Waals surface area contributed by atoms with Crippen molar-refractivity contribution in [3.05, 3.63) is 41.3 Å². The first-order chi connectivity index (χ1) is 14.0. The maximum atomic E-state index is 13.2. The van der Waals surface area contributed by atoms with Crippen LogP contribution in [0.15, 0.2) is 24.4 Å². The van der Waals surface area contributed by atoms with Gasteiger partial charge in [0.1, 0.15) is 5.82 Å². The highest BCUT2D eigenvalue weighted by Crippen LogP contribution is 2.25. The second-order valence-electron chi connectivity index (χ2n) is 7.88. The fraction of sp³-hybridized carbons (Fsp3) is 0.524. The number of piperazine rings is 1. The van der Waals surface area contributed by atoms with Crippen molar-refractivity contribution in [2.24, 2.45) is 7.05 Å². The van der Waals surface area contributed by atoms with Crippen molar-refractivity contribution < 1.29 is 9.59 Å². The second-order valence-corrected chi connectivity index (χ2v) is 7.88.